The number of nitrogens with zero attached hydrogens (tertiary/aromatic N) is 1. The van der Waals surface area contributed by atoms with Crippen LogP contribution in [-0.4, -0.2) is 37.1 Å². The first kappa shape index (κ1) is 9.01. The highest BCUT2D eigenvalue weighted by Crippen LogP contribution is 2.07. The van der Waals surface area contributed by atoms with Gasteiger partial charge in [0, 0.05) is 18.9 Å². The summed E-state index contributed by atoms with van der Waals surface area (Å²) in [7, 11) is 0. The van der Waals surface area contributed by atoms with Crippen LogP contribution in [0.4, 0.5) is 0 Å². The highest BCUT2D eigenvalue weighted by Gasteiger charge is 2.19. The Morgan fingerprint density at radius 2 is 1.73 bits per heavy atom. The minimum absolute atomic E-state index is 0.884. The van der Waals surface area contributed by atoms with E-state index in [1.807, 2.05) is 0 Å². The van der Waals surface area contributed by atoms with Gasteiger partial charge in [-0.2, -0.15) is 0 Å². The molecule has 2 nitrogen and oxygen atoms in total. The largest absolute Gasteiger partial charge is 0.346 e. The van der Waals surface area contributed by atoms with Gasteiger partial charge in [0.25, 0.3) is 0 Å². The quantitative estimate of drug-likeness (QED) is 0.614. The van der Waals surface area contributed by atoms with E-state index in [0.29, 0.717) is 0 Å². The molecular formula is C9H21N2+. The van der Waals surface area contributed by atoms with Crippen molar-refractivity contribution >= 4 is 0 Å². The molecule has 1 aliphatic rings. The molecule has 0 aromatic rings. The van der Waals surface area contributed by atoms with Gasteiger partial charge in [0.1, 0.15) is 0 Å². The summed E-state index contributed by atoms with van der Waals surface area (Å²) >= 11 is 0. The van der Waals surface area contributed by atoms with Gasteiger partial charge in [-0.1, -0.05) is 13.8 Å². The molecular weight excluding hydrogens is 136 g/mol. The fourth-order valence-corrected chi connectivity index (χ4v) is 2.01. The summed E-state index contributed by atoms with van der Waals surface area (Å²) in [5.74, 6) is 0. The molecule has 0 saturated carbocycles. The van der Waals surface area contributed by atoms with Crippen LogP contribution < -0.4 is 5.32 Å². The summed E-state index contributed by atoms with van der Waals surface area (Å²) in [5, 5.41) is 2.43. The van der Waals surface area contributed by atoms with Crippen molar-refractivity contribution in [2.24, 2.45) is 0 Å². The molecule has 1 fully saturated rings. The van der Waals surface area contributed by atoms with Gasteiger partial charge in [0.05, 0.1) is 13.1 Å². The van der Waals surface area contributed by atoms with Crippen molar-refractivity contribution in [2.75, 3.05) is 26.2 Å². The lowest BCUT2D eigenvalue weighted by atomic mass is 10.1. The van der Waals surface area contributed by atoms with Gasteiger partial charge in [0.2, 0.25) is 0 Å². The van der Waals surface area contributed by atoms with Crippen LogP contribution in [0, 0.1) is 0 Å². The Kier molecular flexibility index (Phi) is 3.87. The predicted octanol–water partition coefficient (Wildman–Crippen LogP) is 0.0540. The zero-order valence-corrected chi connectivity index (χ0v) is 7.84. The molecule has 66 valence electrons. The second-order valence-corrected chi connectivity index (χ2v) is 3.32. The monoisotopic (exact) mass is 157 g/mol. The van der Waals surface area contributed by atoms with Crippen LogP contribution in [0.5, 0.6) is 0 Å². The van der Waals surface area contributed by atoms with E-state index in [4.69, 9.17) is 0 Å². The van der Waals surface area contributed by atoms with Crippen molar-refractivity contribution in [3.8, 4) is 0 Å². The normalized spacial score (nSPS) is 21.0. The van der Waals surface area contributed by atoms with Crippen molar-refractivity contribution in [1.29, 1.82) is 0 Å². The molecule has 11 heavy (non-hydrogen) atoms. The van der Waals surface area contributed by atoms with E-state index in [-0.39, 0.29) is 0 Å². The Labute approximate surface area is 70.0 Å². The first-order chi connectivity index (χ1) is 5.38. The predicted molar refractivity (Wildman–Crippen MR) is 47.6 cm³/mol. The third-order valence-electron chi connectivity index (χ3n) is 2.74. The maximum absolute atomic E-state index is 2.59. The zero-order valence-electron chi connectivity index (χ0n) is 7.84. The second kappa shape index (κ2) is 4.73. The first-order valence-electron chi connectivity index (χ1n) is 4.94. The molecule has 1 heterocycles. The van der Waals surface area contributed by atoms with Crippen molar-refractivity contribution in [3.63, 3.8) is 0 Å². The zero-order chi connectivity index (χ0) is 8.10. The lowest BCUT2D eigenvalue weighted by molar-refractivity contribution is -0.664. The van der Waals surface area contributed by atoms with E-state index in [9.17, 15) is 0 Å². The number of nitrogens with two attached hydrogens (primary N) is 1. The summed E-state index contributed by atoms with van der Waals surface area (Å²) in [6.45, 7) is 9.65. The van der Waals surface area contributed by atoms with Gasteiger partial charge in [-0.3, -0.25) is 0 Å². The SMILES string of the molecule is CCN(CC)C1CC[NH2+]CC1. The summed E-state index contributed by atoms with van der Waals surface area (Å²) in [6, 6.07) is 0.884. The van der Waals surface area contributed by atoms with Crippen LogP contribution >= 0.6 is 0 Å². The van der Waals surface area contributed by atoms with Gasteiger partial charge >= 0.3 is 0 Å². The molecule has 2 N–H and O–H groups in total. The van der Waals surface area contributed by atoms with Crippen LogP contribution in [0.15, 0.2) is 0 Å². The van der Waals surface area contributed by atoms with Crippen LogP contribution in [-0.2, 0) is 0 Å². The Hall–Kier alpha value is -0.0800. The highest BCUT2D eigenvalue weighted by molar-refractivity contribution is 4.70. The van der Waals surface area contributed by atoms with Crippen LogP contribution in [0.1, 0.15) is 26.7 Å². The molecule has 0 radical (unpaired) electrons. The van der Waals surface area contributed by atoms with Crippen LogP contribution in [0.25, 0.3) is 0 Å². The molecule has 0 unspecified atom stereocenters. The third-order valence-corrected chi connectivity index (χ3v) is 2.74. The molecule has 2 heteroatoms. The molecule has 1 rings (SSSR count). The molecule has 1 saturated heterocycles. The fraction of sp³-hybridized carbons (Fsp3) is 1.00. The Morgan fingerprint density at radius 1 is 1.18 bits per heavy atom. The Bertz CT molecular complexity index is 93.7. The van der Waals surface area contributed by atoms with Crippen molar-refractivity contribution < 1.29 is 5.32 Å². The van der Waals surface area contributed by atoms with Crippen molar-refractivity contribution in [1.82, 2.24) is 4.90 Å². The van der Waals surface area contributed by atoms with Gasteiger partial charge in [-0.15, -0.1) is 0 Å². The number of hydrogen-bond acceptors (Lipinski definition) is 1. The number of hydrogen-bond donors (Lipinski definition) is 1. The van der Waals surface area contributed by atoms with E-state index in [0.717, 1.165) is 6.04 Å². The van der Waals surface area contributed by atoms with Crippen LogP contribution in [0.2, 0.25) is 0 Å². The van der Waals surface area contributed by atoms with E-state index < -0.39 is 0 Å². The topological polar surface area (TPSA) is 19.9 Å². The molecule has 1 aliphatic heterocycles. The van der Waals surface area contributed by atoms with E-state index in [1.165, 1.54) is 39.0 Å². The Balaban J connectivity index is 2.30. The average molecular weight is 157 g/mol. The summed E-state index contributed by atoms with van der Waals surface area (Å²) < 4.78 is 0. The maximum Gasteiger partial charge on any atom is 0.0770 e. The van der Waals surface area contributed by atoms with Gasteiger partial charge in [-0.25, -0.2) is 0 Å². The van der Waals surface area contributed by atoms with E-state index >= 15 is 0 Å². The van der Waals surface area contributed by atoms with Crippen molar-refractivity contribution in [2.45, 2.75) is 32.7 Å². The summed E-state index contributed by atoms with van der Waals surface area (Å²) in [6.07, 6.45) is 2.78. The van der Waals surface area contributed by atoms with Gasteiger partial charge in [-0.05, 0) is 13.1 Å². The standard InChI is InChI=1S/C9H20N2/c1-3-11(4-2)9-5-7-10-8-6-9/h9-10H,3-8H2,1-2H3/p+1. The van der Waals surface area contributed by atoms with E-state index in [2.05, 4.69) is 24.1 Å². The summed E-state index contributed by atoms with van der Waals surface area (Å²) in [5.41, 5.74) is 0. The van der Waals surface area contributed by atoms with E-state index in [1.54, 1.807) is 0 Å². The smallest absolute Gasteiger partial charge is 0.0770 e. The maximum atomic E-state index is 2.59. The molecule has 0 amide bonds. The molecule has 0 bridgehead atoms. The lowest BCUT2D eigenvalue weighted by Crippen LogP contribution is -2.87. The lowest BCUT2D eigenvalue weighted by Gasteiger charge is -2.31. The minimum Gasteiger partial charge on any atom is -0.346 e. The van der Waals surface area contributed by atoms with Crippen molar-refractivity contribution in [3.05, 3.63) is 0 Å². The third kappa shape index (κ3) is 2.46. The average Bonchev–Trinajstić information content (AvgIpc) is 2.09. The van der Waals surface area contributed by atoms with Gasteiger partial charge < -0.3 is 10.2 Å². The highest BCUT2D eigenvalue weighted by atomic mass is 15.2. The molecule has 0 aromatic heterocycles. The van der Waals surface area contributed by atoms with Crippen LogP contribution in [0.3, 0.4) is 0 Å². The molecule has 0 aliphatic carbocycles. The Morgan fingerprint density at radius 3 is 2.18 bits per heavy atom. The molecule has 0 spiro atoms. The second-order valence-electron chi connectivity index (χ2n) is 3.32. The number of rotatable bonds is 3. The molecule has 0 aromatic carbocycles. The molecule has 0 atom stereocenters. The minimum atomic E-state index is 0.884. The first-order valence-corrected chi connectivity index (χ1v) is 4.94. The number of piperidine rings is 1. The van der Waals surface area contributed by atoms with Gasteiger partial charge in [0.15, 0.2) is 0 Å². The number of quaternary nitrogens is 1. The fourth-order valence-electron chi connectivity index (χ4n) is 2.01. The summed E-state index contributed by atoms with van der Waals surface area (Å²) in [4.78, 5) is 2.59.